The highest BCUT2D eigenvalue weighted by molar-refractivity contribution is 8.18. The van der Waals surface area contributed by atoms with Crippen LogP contribution in [0.5, 0.6) is 17.2 Å². The van der Waals surface area contributed by atoms with Crippen molar-refractivity contribution >= 4 is 69.8 Å². The Balaban J connectivity index is 1.57. The summed E-state index contributed by atoms with van der Waals surface area (Å²) < 4.78 is 16.3. The lowest BCUT2D eigenvalue weighted by Gasteiger charge is -2.14. The van der Waals surface area contributed by atoms with E-state index in [0.29, 0.717) is 32.5 Å². The summed E-state index contributed by atoms with van der Waals surface area (Å²) in [6, 6.07) is 14.4. The normalized spacial score (nSPS) is 14.2. The fourth-order valence-corrected chi connectivity index (χ4v) is 4.94. The number of halogens is 3. The zero-order chi connectivity index (χ0) is 27.4. The van der Waals surface area contributed by atoms with Gasteiger partial charge < -0.3 is 14.2 Å². The molecule has 4 rings (SSSR count). The summed E-state index contributed by atoms with van der Waals surface area (Å²) >= 11 is 19.3. The molecule has 3 aromatic rings. The molecule has 1 heterocycles. The van der Waals surface area contributed by atoms with Crippen LogP contribution >= 0.6 is 46.6 Å². The third kappa shape index (κ3) is 6.27. The smallest absolute Gasteiger partial charge is 0.343 e. The molecule has 0 unspecified atom stereocenters. The zero-order valence-corrected chi connectivity index (χ0v) is 23.2. The molecular weight excluding hydrogens is 573 g/mol. The first-order valence-electron chi connectivity index (χ1n) is 11.2. The van der Waals surface area contributed by atoms with E-state index in [9.17, 15) is 14.4 Å². The summed E-state index contributed by atoms with van der Waals surface area (Å²) in [6.07, 6.45) is 1.53. The Morgan fingerprint density at radius 2 is 1.71 bits per heavy atom. The number of amides is 2. The number of carbonyl (C=O) groups excluding carboxylic acids is 3. The summed E-state index contributed by atoms with van der Waals surface area (Å²) in [5, 5.41) is 0.384. The lowest BCUT2D eigenvalue weighted by Crippen LogP contribution is -2.27. The fraction of sp³-hybridized carbons (Fsp3) is 0.148. The Bertz CT molecular complexity index is 1440. The number of hydrogen-bond donors (Lipinski definition) is 0. The van der Waals surface area contributed by atoms with Gasteiger partial charge in [0.05, 0.1) is 45.8 Å². The van der Waals surface area contributed by atoms with Crippen LogP contribution in [-0.4, -0.2) is 35.7 Å². The molecule has 0 N–H and O–H groups in total. The Kier molecular flexibility index (Phi) is 8.89. The van der Waals surface area contributed by atoms with Gasteiger partial charge in [-0.3, -0.25) is 14.5 Å². The molecule has 0 spiro atoms. The van der Waals surface area contributed by atoms with Crippen molar-refractivity contribution in [3.05, 3.63) is 91.3 Å². The standard InChI is InChI=1S/C27H20Cl3NO6S/c1-3-36-22-12-16(11-21(30)24(22)37-26(33)17-5-7-18(35-2)8-6-17)13-23-25(32)31(27(34)38-23)14-15-4-9-19(28)20(29)10-15/h4-13H,3,14H2,1-2H3/b23-13-. The van der Waals surface area contributed by atoms with Crippen molar-refractivity contribution in [3.63, 3.8) is 0 Å². The number of rotatable bonds is 8. The van der Waals surface area contributed by atoms with Crippen LogP contribution in [0.2, 0.25) is 15.1 Å². The molecule has 0 atom stereocenters. The Labute approximate surface area is 238 Å². The van der Waals surface area contributed by atoms with Crippen molar-refractivity contribution in [2.45, 2.75) is 13.5 Å². The first-order valence-corrected chi connectivity index (χ1v) is 13.2. The van der Waals surface area contributed by atoms with E-state index in [4.69, 9.17) is 49.0 Å². The third-order valence-electron chi connectivity index (χ3n) is 5.35. The highest BCUT2D eigenvalue weighted by Gasteiger charge is 2.35. The number of ether oxygens (including phenoxy) is 3. The molecule has 0 bridgehead atoms. The quantitative estimate of drug-likeness (QED) is 0.152. The van der Waals surface area contributed by atoms with Gasteiger partial charge in [0.15, 0.2) is 11.5 Å². The number of benzene rings is 3. The van der Waals surface area contributed by atoms with Gasteiger partial charge in [-0.2, -0.15) is 0 Å². The van der Waals surface area contributed by atoms with Gasteiger partial charge in [0.2, 0.25) is 0 Å². The van der Waals surface area contributed by atoms with Crippen LogP contribution in [0.3, 0.4) is 0 Å². The summed E-state index contributed by atoms with van der Waals surface area (Å²) in [6.45, 7) is 2.08. The van der Waals surface area contributed by atoms with E-state index in [1.54, 1.807) is 55.5 Å². The maximum atomic E-state index is 13.0. The molecule has 7 nitrogen and oxygen atoms in total. The molecule has 0 radical (unpaired) electrons. The number of nitrogens with zero attached hydrogens (tertiary/aromatic N) is 1. The third-order valence-corrected chi connectivity index (χ3v) is 7.28. The van der Waals surface area contributed by atoms with Crippen LogP contribution < -0.4 is 14.2 Å². The van der Waals surface area contributed by atoms with Crippen molar-refractivity contribution in [1.82, 2.24) is 4.90 Å². The topological polar surface area (TPSA) is 82.1 Å². The van der Waals surface area contributed by atoms with E-state index in [0.717, 1.165) is 16.7 Å². The minimum atomic E-state index is -0.633. The van der Waals surface area contributed by atoms with E-state index >= 15 is 0 Å². The molecule has 2 amide bonds. The lowest BCUT2D eigenvalue weighted by molar-refractivity contribution is -0.123. The van der Waals surface area contributed by atoms with Crippen molar-refractivity contribution in [2.24, 2.45) is 0 Å². The van der Waals surface area contributed by atoms with Crippen LogP contribution in [-0.2, 0) is 11.3 Å². The summed E-state index contributed by atoms with van der Waals surface area (Å²) in [5.41, 5.74) is 1.44. The van der Waals surface area contributed by atoms with Crippen LogP contribution in [0.25, 0.3) is 6.08 Å². The molecule has 0 aromatic heterocycles. The molecular formula is C27H20Cl3NO6S. The van der Waals surface area contributed by atoms with Gasteiger partial charge in [-0.1, -0.05) is 40.9 Å². The minimum absolute atomic E-state index is 0.0409. The van der Waals surface area contributed by atoms with Crippen LogP contribution in [0, 0.1) is 0 Å². The molecule has 3 aromatic carbocycles. The van der Waals surface area contributed by atoms with Crippen molar-refractivity contribution in [3.8, 4) is 17.2 Å². The molecule has 0 aliphatic carbocycles. The molecule has 1 aliphatic heterocycles. The molecule has 1 aliphatic rings. The predicted octanol–water partition coefficient (Wildman–Crippen LogP) is 7.51. The monoisotopic (exact) mass is 591 g/mol. The van der Waals surface area contributed by atoms with E-state index < -0.39 is 17.1 Å². The number of thioether (sulfide) groups is 1. The molecule has 11 heteroatoms. The van der Waals surface area contributed by atoms with E-state index in [-0.39, 0.29) is 34.6 Å². The maximum Gasteiger partial charge on any atom is 0.343 e. The Morgan fingerprint density at radius 3 is 2.37 bits per heavy atom. The van der Waals surface area contributed by atoms with Gasteiger partial charge in [-0.05, 0) is 84.4 Å². The summed E-state index contributed by atoms with van der Waals surface area (Å²) in [7, 11) is 1.53. The summed E-state index contributed by atoms with van der Waals surface area (Å²) in [4.78, 5) is 39.6. The lowest BCUT2D eigenvalue weighted by atomic mass is 10.1. The number of esters is 1. The van der Waals surface area contributed by atoms with Crippen LogP contribution in [0.4, 0.5) is 4.79 Å². The first-order chi connectivity index (χ1) is 18.2. The van der Waals surface area contributed by atoms with Gasteiger partial charge in [-0.25, -0.2) is 4.79 Å². The van der Waals surface area contributed by atoms with Gasteiger partial charge >= 0.3 is 5.97 Å². The average Bonchev–Trinajstić information content (AvgIpc) is 3.15. The summed E-state index contributed by atoms with van der Waals surface area (Å²) in [5.74, 6) is -0.246. The van der Waals surface area contributed by atoms with E-state index in [1.165, 1.54) is 19.3 Å². The molecule has 1 saturated heterocycles. The van der Waals surface area contributed by atoms with Gasteiger partial charge in [0.1, 0.15) is 5.75 Å². The van der Waals surface area contributed by atoms with E-state index in [2.05, 4.69) is 0 Å². The number of hydrogen-bond acceptors (Lipinski definition) is 7. The average molecular weight is 593 g/mol. The molecule has 1 fully saturated rings. The number of imide groups is 1. The fourth-order valence-electron chi connectivity index (χ4n) is 3.52. The zero-order valence-electron chi connectivity index (χ0n) is 20.1. The SMILES string of the molecule is CCOc1cc(/C=C2\SC(=O)N(Cc3ccc(Cl)c(Cl)c3)C2=O)cc(Cl)c1OC(=O)c1ccc(OC)cc1. The van der Waals surface area contributed by atoms with Crippen molar-refractivity contribution < 1.29 is 28.6 Å². The Hall–Kier alpha value is -3.17. The van der Waals surface area contributed by atoms with Gasteiger partial charge in [-0.15, -0.1) is 0 Å². The van der Waals surface area contributed by atoms with Crippen LogP contribution in [0.15, 0.2) is 59.5 Å². The van der Waals surface area contributed by atoms with Gasteiger partial charge in [0, 0.05) is 0 Å². The van der Waals surface area contributed by atoms with Gasteiger partial charge in [0.25, 0.3) is 11.1 Å². The van der Waals surface area contributed by atoms with Crippen molar-refractivity contribution in [2.75, 3.05) is 13.7 Å². The number of methoxy groups -OCH3 is 1. The maximum absolute atomic E-state index is 13.0. The highest BCUT2D eigenvalue weighted by Crippen LogP contribution is 2.40. The largest absolute Gasteiger partial charge is 0.497 e. The van der Waals surface area contributed by atoms with Crippen molar-refractivity contribution in [1.29, 1.82) is 0 Å². The minimum Gasteiger partial charge on any atom is -0.497 e. The Morgan fingerprint density at radius 1 is 0.974 bits per heavy atom. The second kappa shape index (κ2) is 12.1. The predicted molar refractivity (Wildman–Crippen MR) is 149 cm³/mol. The second-order valence-corrected chi connectivity index (χ2v) is 10.1. The second-order valence-electron chi connectivity index (χ2n) is 7.90. The first kappa shape index (κ1) is 27.9. The molecule has 196 valence electrons. The van der Waals surface area contributed by atoms with E-state index in [1.807, 2.05) is 0 Å². The molecule has 38 heavy (non-hydrogen) atoms. The highest BCUT2D eigenvalue weighted by atomic mass is 35.5. The molecule has 0 saturated carbocycles. The van der Waals surface area contributed by atoms with Crippen LogP contribution in [0.1, 0.15) is 28.4 Å². The number of carbonyl (C=O) groups is 3.